The second kappa shape index (κ2) is 6.04. The molecular formula is C12H22N2O4. The minimum atomic E-state index is -1.26. The first-order valence-corrected chi connectivity index (χ1v) is 6.28. The fourth-order valence-corrected chi connectivity index (χ4v) is 2.07. The van der Waals surface area contributed by atoms with Crippen LogP contribution in [0.4, 0.5) is 4.79 Å². The predicted molar refractivity (Wildman–Crippen MR) is 66.2 cm³/mol. The van der Waals surface area contributed by atoms with Crippen molar-refractivity contribution in [3.63, 3.8) is 0 Å². The maximum absolute atomic E-state index is 12.0. The van der Waals surface area contributed by atoms with Crippen LogP contribution in [0.25, 0.3) is 0 Å². The Morgan fingerprint density at radius 2 is 2.11 bits per heavy atom. The van der Waals surface area contributed by atoms with Crippen LogP contribution in [0.15, 0.2) is 0 Å². The second-order valence-corrected chi connectivity index (χ2v) is 5.33. The van der Waals surface area contributed by atoms with E-state index in [-0.39, 0.29) is 12.6 Å². The number of piperidine rings is 1. The van der Waals surface area contributed by atoms with Gasteiger partial charge in [-0.15, -0.1) is 0 Å². The molecule has 0 spiro atoms. The molecule has 1 unspecified atom stereocenters. The highest BCUT2D eigenvalue weighted by Gasteiger charge is 2.32. The number of hydrogen-bond acceptors (Lipinski definition) is 3. The summed E-state index contributed by atoms with van der Waals surface area (Å²) in [5, 5.41) is 20.4. The number of aliphatic hydroxyl groups excluding tert-OH is 1. The number of aliphatic hydroxyl groups is 1. The molecule has 0 radical (unpaired) electrons. The summed E-state index contributed by atoms with van der Waals surface area (Å²) in [5.74, 6) is -0.748. The lowest BCUT2D eigenvalue weighted by Gasteiger charge is -2.34. The van der Waals surface area contributed by atoms with E-state index in [1.165, 1.54) is 13.8 Å². The third-order valence-electron chi connectivity index (χ3n) is 3.30. The Labute approximate surface area is 107 Å². The first kappa shape index (κ1) is 14.8. The van der Waals surface area contributed by atoms with Gasteiger partial charge in [0.2, 0.25) is 0 Å². The fraction of sp³-hybridized carbons (Fsp3) is 0.833. The molecule has 2 amide bonds. The zero-order valence-corrected chi connectivity index (χ0v) is 11.0. The van der Waals surface area contributed by atoms with Crippen molar-refractivity contribution in [1.29, 1.82) is 0 Å². The average molecular weight is 258 g/mol. The molecule has 1 saturated heterocycles. The Kier molecular flexibility index (Phi) is 4.95. The standard InChI is InChI=1S/C12H22N2O4/c1-12(2,10(16)17)13-11(18)14-6-3-4-9(8-14)5-7-15/h9,15H,3-8H2,1-2H3,(H,13,18)(H,16,17). The molecule has 3 N–H and O–H groups in total. The zero-order valence-electron chi connectivity index (χ0n) is 11.0. The van der Waals surface area contributed by atoms with Gasteiger partial charge in [0.15, 0.2) is 0 Å². The van der Waals surface area contributed by atoms with Gasteiger partial charge in [0.1, 0.15) is 5.54 Å². The smallest absolute Gasteiger partial charge is 0.328 e. The Bertz CT molecular complexity index is 315. The monoisotopic (exact) mass is 258 g/mol. The molecule has 0 saturated carbocycles. The van der Waals surface area contributed by atoms with Gasteiger partial charge in [-0.05, 0) is 39.0 Å². The van der Waals surface area contributed by atoms with Crippen molar-refractivity contribution in [2.45, 2.75) is 38.6 Å². The highest BCUT2D eigenvalue weighted by atomic mass is 16.4. The molecule has 1 aliphatic rings. The van der Waals surface area contributed by atoms with E-state index >= 15 is 0 Å². The maximum atomic E-state index is 12.0. The normalized spacial score (nSPS) is 20.6. The minimum Gasteiger partial charge on any atom is -0.480 e. The Morgan fingerprint density at radius 3 is 2.67 bits per heavy atom. The third-order valence-corrected chi connectivity index (χ3v) is 3.30. The number of carboxylic acid groups (broad SMARTS) is 1. The lowest BCUT2D eigenvalue weighted by molar-refractivity contribution is -0.143. The van der Waals surface area contributed by atoms with E-state index in [0.29, 0.717) is 25.4 Å². The van der Waals surface area contributed by atoms with Crippen LogP contribution in [-0.4, -0.2) is 52.3 Å². The zero-order chi connectivity index (χ0) is 13.8. The molecule has 0 aliphatic carbocycles. The lowest BCUT2D eigenvalue weighted by Crippen LogP contribution is -2.55. The average Bonchev–Trinajstić information content (AvgIpc) is 2.29. The summed E-state index contributed by atoms with van der Waals surface area (Å²) in [7, 11) is 0. The van der Waals surface area contributed by atoms with E-state index in [2.05, 4.69) is 5.32 Å². The van der Waals surface area contributed by atoms with Crippen molar-refractivity contribution in [1.82, 2.24) is 10.2 Å². The number of urea groups is 1. The lowest BCUT2D eigenvalue weighted by atomic mass is 9.95. The number of nitrogens with zero attached hydrogens (tertiary/aromatic N) is 1. The summed E-state index contributed by atoms with van der Waals surface area (Å²) in [6.07, 6.45) is 2.59. The van der Waals surface area contributed by atoms with Gasteiger partial charge in [-0.25, -0.2) is 9.59 Å². The number of carbonyl (C=O) groups is 2. The van der Waals surface area contributed by atoms with Gasteiger partial charge in [0.05, 0.1) is 0 Å². The van der Waals surface area contributed by atoms with E-state index < -0.39 is 11.5 Å². The fourth-order valence-electron chi connectivity index (χ4n) is 2.07. The molecule has 18 heavy (non-hydrogen) atoms. The molecule has 1 fully saturated rings. The van der Waals surface area contributed by atoms with E-state index in [1.54, 1.807) is 4.90 Å². The maximum Gasteiger partial charge on any atom is 0.328 e. The predicted octanol–water partition coefficient (Wildman–Crippen LogP) is 0.654. The summed E-state index contributed by atoms with van der Waals surface area (Å²) in [4.78, 5) is 24.5. The van der Waals surface area contributed by atoms with Crippen molar-refractivity contribution < 1.29 is 19.8 Å². The summed E-state index contributed by atoms with van der Waals surface area (Å²) in [5.41, 5.74) is -1.26. The van der Waals surface area contributed by atoms with Crippen LogP contribution in [-0.2, 0) is 4.79 Å². The number of hydrogen-bond donors (Lipinski definition) is 3. The second-order valence-electron chi connectivity index (χ2n) is 5.33. The minimum absolute atomic E-state index is 0.126. The van der Waals surface area contributed by atoms with Crippen molar-refractivity contribution >= 4 is 12.0 Å². The molecule has 6 heteroatoms. The van der Waals surface area contributed by atoms with E-state index in [0.717, 1.165) is 12.8 Å². The highest BCUT2D eigenvalue weighted by Crippen LogP contribution is 2.19. The number of nitrogens with one attached hydrogen (secondary N) is 1. The summed E-state index contributed by atoms with van der Waals surface area (Å²) in [6, 6.07) is -0.343. The molecule has 1 heterocycles. The first-order chi connectivity index (χ1) is 8.36. The van der Waals surface area contributed by atoms with Crippen molar-refractivity contribution in [2.24, 2.45) is 5.92 Å². The van der Waals surface area contributed by atoms with Gasteiger partial charge < -0.3 is 20.4 Å². The Morgan fingerprint density at radius 1 is 1.44 bits per heavy atom. The van der Waals surface area contributed by atoms with Crippen molar-refractivity contribution in [3.8, 4) is 0 Å². The van der Waals surface area contributed by atoms with Crippen LogP contribution in [0, 0.1) is 5.92 Å². The van der Waals surface area contributed by atoms with Crippen molar-refractivity contribution in [2.75, 3.05) is 19.7 Å². The molecule has 1 rings (SSSR count). The molecule has 0 aromatic rings. The summed E-state index contributed by atoms with van der Waals surface area (Å²) < 4.78 is 0. The number of aliphatic carboxylic acids is 1. The molecule has 6 nitrogen and oxygen atoms in total. The van der Waals surface area contributed by atoms with Crippen LogP contribution in [0.1, 0.15) is 33.1 Å². The molecule has 1 atom stereocenters. The Hall–Kier alpha value is -1.30. The molecule has 0 aromatic carbocycles. The largest absolute Gasteiger partial charge is 0.480 e. The van der Waals surface area contributed by atoms with Crippen LogP contribution in [0.5, 0.6) is 0 Å². The highest BCUT2D eigenvalue weighted by molar-refractivity contribution is 5.85. The SMILES string of the molecule is CC(C)(NC(=O)N1CCCC(CCO)C1)C(=O)O. The first-order valence-electron chi connectivity index (χ1n) is 6.28. The molecular weight excluding hydrogens is 236 g/mol. The van der Waals surface area contributed by atoms with E-state index in [1.807, 2.05) is 0 Å². The quantitative estimate of drug-likeness (QED) is 0.690. The van der Waals surface area contributed by atoms with Crippen LogP contribution in [0.3, 0.4) is 0 Å². The summed E-state index contributed by atoms with van der Waals surface area (Å²) >= 11 is 0. The van der Waals surface area contributed by atoms with E-state index in [4.69, 9.17) is 10.2 Å². The Balaban J connectivity index is 2.53. The topological polar surface area (TPSA) is 89.9 Å². The molecule has 0 bridgehead atoms. The third kappa shape index (κ3) is 3.87. The van der Waals surface area contributed by atoms with Gasteiger partial charge >= 0.3 is 12.0 Å². The number of likely N-dealkylation sites (tertiary alicyclic amines) is 1. The van der Waals surface area contributed by atoms with Crippen LogP contribution < -0.4 is 5.32 Å². The molecule has 0 aromatic heterocycles. The van der Waals surface area contributed by atoms with E-state index in [9.17, 15) is 9.59 Å². The van der Waals surface area contributed by atoms with Crippen LogP contribution in [0.2, 0.25) is 0 Å². The summed E-state index contributed by atoms with van der Waals surface area (Å²) in [6.45, 7) is 4.27. The van der Waals surface area contributed by atoms with Gasteiger partial charge in [0.25, 0.3) is 0 Å². The van der Waals surface area contributed by atoms with Gasteiger partial charge in [-0.3, -0.25) is 0 Å². The van der Waals surface area contributed by atoms with Crippen molar-refractivity contribution in [3.05, 3.63) is 0 Å². The molecule has 1 aliphatic heterocycles. The van der Waals surface area contributed by atoms with Crippen LogP contribution >= 0.6 is 0 Å². The van der Waals surface area contributed by atoms with Gasteiger partial charge in [0, 0.05) is 19.7 Å². The number of rotatable bonds is 4. The number of carbonyl (C=O) groups excluding carboxylic acids is 1. The van der Waals surface area contributed by atoms with Gasteiger partial charge in [-0.2, -0.15) is 0 Å². The van der Waals surface area contributed by atoms with Gasteiger partial charge in [-0.1, -0.05) is 0 Å². The number of carboxylic acids is 1. The molecule has 104 valence electrons. The number of amides is 2.